The van der Waals surface area contributed by atoms with Gasteiger partial charge in [0, 0.05) is 17.2 Å². The monoisotopic (exact) mass is 222 g/mol. The molecule has 0 saturated heterocycles. The number of ether oxygens (including phenoxy) is 1. The van der Waals surface area contributed by atoms with Crippen LogP contribution in [0.1, 0.15) is 0 Å². The fourth-order valence-corrected chi connectivity index (χ4v) is 1.15. The van der Waals surface area contributed by atoms with Crippen molar-refractivity contribution in [2.75, 3.05) is 0 Å². The molecular formula is C11H6ClFNO. The van der Waals surface area contributed by atoms with Crippen molar-refractivity contribution in [2.45, 2.75) is 0 Å². The molecule has 1 aromatic carbocycles. The van der Waals surface area contributed by atoms with Gasteiger partial charge in [-0.05, 0) is 30.3 Å². The summed E-state index contributed by atoms with van der Waals surface area (Å²) < 4.78 is 18.0. The molecule has 1 heterocycles. The van der Waals surface area contributed by atoms with Crippen LogP contribution in [0.25, 0.3) is 0 Å². The van der Waals surface area contributed by atoms with Gasteiger partial charge in [-0.1, -0.05) is 11.6 Å². The van der Waals surface area contributed by atoms with E-state index in [1.807, 2.05) is 0 Å². The lowest BCUT2D eigenvalue weighted by Gasteiger charge is -2.03. The maximum Gasteiger partial charge on any atom is 0.224 e. The highest BCUT2D eigenvalue weighted by Crippen LogP contribution is 2.21. The Morgan fingerprint density at radius 1 is 1.20 bits per heavy atom. The largest absolute Gasteiger partial charge is 0.439 e. The quantitative estimate of drug-likeness (QED) is 0.726. The van der Waals surface area contributed by atoms with E-state index in [4.69, 9.17) is 16.3 Å². The van der Waals surface area contributed by atoms with Crippen molar-refractivity contribution in [2.24, 2.45) is 0 Å². The van der Waals surface area contributed by atoms with E-state index in [1.54, 1.807) is 24.3 Å². The molecular weight excluding hydrogens is 217 g/mol. The number of benzene rings is 1. The maximum absolute atomic E-state index is 12.7. The zero-order valence-corrected chi connectivity index (χ0v) is 8.33. The van der Waals surface area contributed by atoms with Crippen LogP contribution in [0.4, 0.5) is 4.39 Å². The van der Waals surface area contributed by atoms with Crippen molar-refractivity contribution in [1.29, 1.82) is 0 Å². The van der Waals surface area contributed by atoms with Gasteiger partial charge in [0.15, 0.2) is 0 Å². The van der Waals surface area contributed by atoms with Crippen LogP contribution >= 0.6 is 11.6 Å². The van der Waals surface area contributed by atoms with Crippen molar-refractivity contribution in [3.8, 4) is 11.6 Å². The second-order valence-electron chi connectivity index (χ2n) is 2.77. The summed E-state index contributed by atoms with van der Waals surface area (Å²) >= 11 is 5.70. The lowest BCUT2D eigenvalue weighted by atomic mass is 10.3. The minimum Gasteiger partial charge on any atom is -0.439 e. The molecule has 0 saturated carbocycles. The normalized spacial score (nSPS) is 10.0. The van der Waals surface area contributed by atoms with Gasteiger partial charge in [0.1, 0.15) is 5.75 Å². The van der Waals surface area contributed by atoms with E-state index < -0.39 is 5.95 Å². The topological polar surface area (TPSA) is 22.1 Å². The third-order valence-electron chi connectivity index (χ3n) is 1.67. The highest BCUT2D eigenvalue weighted by molar-refractivity contribution is 6.30. The first-order valence-electron chi connectivity index (χ1n) is 4.22. The molecule has 4 heteroatoms. The molecule has 0 unspecified atom stereocenters. The van der Waals surface area contributed by atoms with Gasteiger partial charge < -0.3 is 4.74 Å². The Hall–Kier alpha value is -1.61. The highest BCUT2D eigenvalue weighted by Gasteiger charge is 1.99. The third-order valence-corrected chi connectivity index (χ3v) is 1.92. The van der Waals surface area contributed by atoms with Gasteiger partial charge in [-0.2, -0.15) is 9.37 Å². The summed E-state index contributed by atoms with van der Waals surface area (Å²) in [4.78, 5) is 3.51. The molecule has 2 nitrogen and oxygen atoms in total. The van der Waals surface area contributed by atoms with Crippen molar-refractivity contribution >= 4 is 11.6 Å². The van der Waals surface area contributed by atoms with E-state index in [0.717, 1.165) is 0 Å². The second-order valence-corrected chi connectivity index (χ2v) is 3.21. The predicted molar refractivity (Wildman–Crippen MR) is 54.6 cm³/mol. The number of hydrogen-bond donors (Lipinski definition) is 0. The minimum atomic E-state index is -0.693. The summed E-state index contributed by atoms with van der Waals surface area (Å²) in [6.45, 7) is 0. The molecule has 2 rings (SSSR count). The van der Waals surface area contributed by atoms with Crippen LogP contribution in [0, 0.1) is 12.0 Å². The Morgan fingerprint density at radius 3 is 2.60 bits per heavy atom. The number of nitrogens with zero attached hydrogens (tertiary/aromatic N) is 1. The lowest BCUT2D eigenvalue weighted by Crippen LogP contribution is -1.89. The predicted octanol–water partition coefficient (Wildman–Crippen LogP) is 3.47. The molecule has 15 heavy (non-hydrogen) atoms. The molecule has 0 bridgehead atoms. The molecule has 0 aliphatic heterocycles. The number of pyridine rings is 1. The van der Waals surface area contributed by atoms with Crippen LogP contribution in [-0.4, -0.2) is 4.98 Å². The lowest BCUT2D eigenvalue weighted by molar-refractivity contribution is 0.445. The van der Waals surface area contributed by atoms with E-state index in [9.17, 15) is 4.39 Å². The van der Waals surface area contributed by atoms with Crippen LogP contribution in [0.2, 0.25) is 5.02 Å². The van der Waals surface area contributed by atoms with Crippen molar-refractivity contribution in [1.82, 2.24) is 4.98 Å². The fourth-order valence-electron chi connectivity index (χ4n) is 1.03. The average molecular weight is 223 g/mol. The molecule has 0 aliphatic rings. The van der Waals surface area contributed by atoms with Crippen LogP contribution in [0.5, 0.6) is 11.6 Å². The summed E-state index contributed by atoms with van der Waals surface area (Å²) in [6, 6.07) is 11.9. The summed E-state index contributed by atoms with van der Waals surface area (Å²) in [5, 5.41) is 0.614. The standard InChI is InChI=1S/C11H6ClFNO/c12-8-4-6-9(7-5-8)15-11-3-1-2-10(13)14-11/h1,3-7H. The Labute approximate surface area is 91.3 Å². The summed E-state index contributed by atoms with van der Waals surface area (Å²) in [5.74, 6) is 0.0486. The molecule has 1 aromatic heterocycles. The van der Waals surface area contributed by atoms with Crippen molar-refractivity contribution < 1.29 is 9.13 Å². The number of aromatic nitrogens is 1. The first kappa shape index (κ1) is 9.93. The Morgan fingerprint density at radius 2 is 1.93 bits per heavy atom. The Bertz CT molecular complexity index is 458. The van der Waals surface area contributed by atoms with E-state index in [2.05, 4.69) is 11.1 Å². The fraction of sp³-hybridized carbons (Fsp3) is 0. The van der Waals surface area contributed by atoms with Gasteiger partial charge in [0.05, 0.1) is 0 Å². The zero-order valence-electron chi connectivity index (χ0n) is 7.58. The van der Waals surface area contributed by atoms with Crippen molar-refractivity contribution in [3.05, 3.63) is 53.4 Å². The molecule has 1 radical (unpaired) electrons. The van der Waals surface area contributed by atoms with Gasteiger partial charge in [-0.15, -0.1) is 0 Å². The summed E-state index contributed by atoms with van der Waals surface area (Å²) in [7, 11) is 0. The molecule has 0 amide bonds. The van der Waals surface area contributed by atoms with Crippen LogP contribution in [-0.2, 0) is 0 Å². The third kappa shape index (κ3) is 2.67. The smallest absolute Gasteiger partial charge is 0.224 e. The van der Waals surface area contributed by atoms with Crippen LogP contribution in [0.15, 0.2) is 36.4 Å². The maximum atomic E-state index is 12.7. The van der Waals surface area contributed by atoms with Gasteiger partial charge in [-0.25, -0.2) is 0 Å². The van der Waals surface area contributed by atoms with Gasteiger partial charge in [-0.3, -0.25) is 0 Å². The molecule has 0 aliphatic carbocycles. The average Bonchev–Trinajstić information content (AvgIpc) is 2.22. The number of rotatable bonds is 2. The Kier molecular flexibility index (Phi) is 2.83. The van der Waals surface area contributed by atoms with Gasteiger partial charge >= 0.3 is 0 Å². The molecule has 0 atom stereocenters. The summed E-state index contributed by atoms with van der Waals surface area (Å²) in [6.07, 6.45) is 0. The van der Waals surface area contributed by atoms with Gasteiger partial charge in [0.2, 0.25) is 11.8 Å². The molecule has 2 aromatic rings. The number of halogens is 2. The first-order chi connectivity index (χ1) is 7.24. The highest BCUT2D eigenvalue weighted by atomic mass is 35.5. The SMILES string of the molecule is Fc1[c]ccc(Oc2ccc(Cl)cc2)n1. The van der Waals surface area contributed by atoms with E-state index in [0.29, 0.717) is 10.8 Å². The van der Waals surface area contributed by atoms with E-state index in [1.165, 1.54) is 12.1 Å². The Balaban J connectivity index is 2.18. The van der Waals surface area contributed by atoms with E-state index >= 15 is 0 Å². The van der Waals surface area contributed by atoms with E-state index in [-0.39, 0.29) is 5.88 Å². The van der Waals surface area contributed by atoms with Crippen LogP contribution < -0.4 is 4.74 Å². The summed E-state index contributed by atoms with van der Waals surface area (Å²) in [5.41, 5.74) is 0. The second kappa shape index (κ2) is 4.28. The van der Waals surface area contributed by atoms with Crippen molar-refractivity contribution in [3.63, 3.8) is 0 Å². The zero-order chi connectivity index (χ0) is 10.7. The molecule has 0 spiro atoms. The molecule has 0 fully saturated rings. The first-order valence-corrected chi connectivity index (χ1v) is 4.59. The minimum absolute atomic E-state index is 0.188. The molecule has 0 N–H and O–H groups in total. The van der Waals surface area contributed by atoms with Gasteiger partial charge in [0.25, 0.3) is 0 Å². The van der Waals surface area contributed by atoms with Crippen LogP contribution in [0.3, 0.4) is 0 Å². The number of hydrogen-bond acceptors (Lipinski definition) is 2. The molecule has 75 valence electrons.